The number of rotatable bonds is 5. The number of aromatic nitrogens is 7. The minimum Gasteiger partial charge on any atom is -0.353 e. The largest absolute Gasteiger partial charge is 0.353 e. The van der Waals surface area contributed by atoms with Gasteiger partial charge in [-0.1, -0.05) is 0 Å². The van der Waals surface area contributed by atoms with E-state index in [-0.39, 0.29) is 13.0 Å². The molecule has 7 rings (SSSR count). The zero-order valence-electron chi connectivity index (χ0n) is 20.2. The predicted octanol–water partition coefficient (Wildman–Crippen LogP) is 5.47. The van der Waals surface area contributed by atoms with Crippen molar-refractivity contribution >= 4 is 21.9 Å². The van der Waals surface area contributed by atoms with Gasteiger partial charge in [0.05, 0.1) is 17.9 Å². The Morgan fingerprint density at radius 2 is 1.71 bits per heavy atom. The van der Waals surface area contributed by atoms with Gasteiger partial charge in [-0.3, -0.25) is 25.0 Å². The number of alkyl halides is 2. The molecule has 1 fully saturated rings. The van der Waals surface area contributed by atoms with Crippen molar-refractivity contribution in [3.05, 3.63) is 79.1 Å². The molecule has 1 aliphatic heterocycles. The van der Waals surface area contributed by atoms with Gasteiger partial charge in [-0.05, 0) is 42.0 Å². The van der Waals surface area contributed by atoms with Gasteiger partial charge >= 0.3 is 0 Å². The van der Waals surface area contributed by atoms with Crippen LogP contribution in [0, 0.1) is 0 Å². The Morgan fingerprint density at radius 3 is 2.55 bits per heavy atom. The van der Waals surface area contributed by atoms with E-state index in [1.807, 2.05) is 36.4 Å². The van der Waals surface area contributed by atoms with Crippen molar-refractivity contribution < 1.29 is 8.78 Å². The average molecular weight is 509 g/mol. The van der Waals surface area contributed by atoms with Crippen LogP contribution in [-0.4, -0.2) is 59.0 Å². The van der Waals surface area contributed by atoms with Crippen molar-refractivity contribution in [2.75, 3.05) is 13.1 Å². The van der Waals surface area contributed by atoms with Gasteiger partial charge < -0.3 is 4.98 Å². The van der Waals surface area contributed by atoms with E-state index >= 15 is 0 Å². The summed E-state index contributed by atoms with van der Waals surface area (Å²) in [4.78, 5) is 22.9. The van der Waals surface area contributed by atoms with Gasteiger partial charge in [0.2, 0.25) is 0 Å². The van der Waals surface area contributed by atoms with E-state index in [1.165, 1.54) is 0 Å². The fourth-order valence-electron chi connectivity index (χ4n) is 5.12. The fourth-order valence-corrected chi connectivity index (χ4v) is 5.12. The third-order valence-electron chi connectivity index (χ3n) is 6.96. The van der Waals surface area contributed by atoms with E-state index in [0.717, 1.165) is 55.6 Å². The number of hydrogen-bond acceptors (Lipinski definition) is 6. The first kappa shape index (κ1) is 22.6. The van der Waals surface area contributed by atoms with Crippen LogP contribution in [0.1, 0.15) is 12.0 Å². The zero-order chi connectivity index (χ0) is 25.7. The lowest BCUT2D eigenvalue weighted by Gasteiger charge is -2.15. The molecule has 0 bridgehead atoms. The molecule has 1 aliphatic rings. The second-order valence-corrected chi connectivity index (χ2v) is 9.63. The highest BCUT2D eigenvalue weighted by molar-refractivity contribution is 5.99. The monoisotopic (exact) mass is 508 g/mol. The molecule has 0 amide bonds. The number of hydrogen-bond donors (Lipinski definition) is 2. The highest BCUT2D eigenvalue weighted by Gasteiger charge is 2.37. The quantitative estimate of drug-likeness (QED) is 0.321. The van der Waals surface area contributed by atoms with E-state index in [1.54, 1.807) is 42.1 Å². The molecular formula is C28H22F2N8. The van der Waals surface area contributed by atoms with E-state index < -0.39 is 5.92 Å². The van der Waals surface area contributed by atoms with E-state index in [9.17, 15) is 8.78 Å². The summed E-state index contributed by atoms with van der Waals surface area (Å²) in [6.45, 7) is 0.601. The summed E-state index contributed by atoms with van der Waals surface area (Å²) >= 11 is 0. The summed E-state index contributed by atoms with van der Waals surface area (Å²) in [5.74, 6) is -2.62. The van der Waals surface area contributed by atoms with Crippen LogP contribution in [0.15, 0.2) is 73.6 Å². The molecule has 10 heteroatoms. The Morgan fingerprint density at radius 1 is 0.842 bits per heavy atom. The number of nitrogens with zero attached hydrogens (tertiary/aromatic N) is 6. The molecule has 6 aromatic rings. The molecule has 0 saturated carbocycles. The van der Waals surface area contributed by atoms with Crippen molar-refractivity contribution in [3.63, 3.8) is 0 Å². The summed E-state index contributed by atoms with van der Waals surface area (Å²) in [5, 5.41) is 9.42. The Labute approximate surface area is 215 Å². The van der Waals surface area contributed by atoms with Crippen LogP contribution in [0.3, 0.4) is 0 Å². The van der Waals surface area contributed by atoms with Crippen molar-refractivity contribution in [2.45, 2.75) is 18.9 Å². The SMILES string of the molecule is FC1(F)CCN(Cc2cncc(-c3cnc4[nH]nc(-c5cc6c(-c7ccncc7)nccc6[nH]5)c4c3)c2)C1. The molecule has 7 heterocycles. The van der Waals surface area contributed by atoms with E-state index in [4.69, 9.17) is 0 Å². The molecule has 0 atom stereocenters. The molecule has 0 radical (unpaired) electrons. The lowest BCUT2D eigenvalue weighted by molar-refractivity contribution is 0.0115. The second-order valence-electron chi connectivity index (χ2n) is 9.63. The van der Waals surface area contributed by atoms with Crippen LogP contribution >= 0.6 is 0 Å². The van der Waals surface area contributed by atoms with Crippen molar-refractivity contribution in [1.29, 1.82) is 0 Å². The van der Waals surface area contributed by atoms with Crippen LogP contribution in [0.2, 0.25) is 0 Å². The summed E-state index contributed by atoms with van der Waals surface area (Å²) in [6.07, 6.45) is 10.5. The van der Waals surface area contributed by atoms with Gasteiger partial charge in [0.25, 0.3) is 5.92 Å². The van der Waals surface area contributed by atoms with E-state index in [0.29, 0.717) is 18.7 Å². The number of aromatic amines is 2. The molecular weight excluding hydrogens is 486 g/mol. The molecule has 0 aromatic carbocycles. The van der Waals surface area contributed by atoms with Crippen molar-refractivity contribution in [3.8, 4) is 33.8 Å². The third-order valence-corrected chi connectivity index (χ3v) is 6.96. The molecule has 0 spiro atoms. The van der Waals surface area contributed by atoms with Crippen LogP contribution in [-0.2, 0) is 6.54 Å². The number of fused-ring (bicyclic) bond motifs is 2. The zero-order valence-corrected chi connectivity index (χ0v) is 20.2. The first-order chi connectivity index (χ1) is 18.5. The fraction of sp³-hybridized carbons (Fsp3) is 0.179. The predicted molar refractivity (Wildman–Crippen MR) is 140 cm³/mol. The van der Waals surface area contributed by atoms with Gasteiger partial charge in [-0.25, -0.2) is 13.8 Å². The number of halogens is 2. The lowest BCUT2D eigenvalue weighted by atomic mass is 10.1. The van der Waals surface area contributed by atoms with Gasteiger partial charge in [0.1, 0.15) is 5.69 Å². The topological polar surface area (TPSA) is 99.3 Å². The maximum Gasteiger partial charge on any atom is 0.261 e. The molecule has 38 heavy (non-hydrogen) atoms. The van der Waals surface area contributed by atoms with E-state index in [2.05, 4.69) is 35.1 Å². The Balaban J connectivity index is 1.24. The maximum atomic E-state index is 13.6. The number of nitrogens with one attached hydrogen (secondary N) is 2. The summed E-state index contributed by atoms with van der Waals surface area (Å²) in [5.41, 5.74) is 7.68. The minimum atomic E-state index is -2.62. The summed E-state index contributed by atoms with van der Waals surface area (Å²) in [7, 11) is 0. The van der Waals surface area contributed by atoms with Gasteiger partial charge in [-0.2, -0.15) is 5.10 Å². The van der Waals surface area contributed by atoms with Crippen molar-refractivity contribution in [2.24, 2.45) is 0 Å². The lowest BCUT2D eigenvalue weighted by Crippen LogP contribution is -2.24. The highest BCUT2D eigenvalue weighted by Crippen LogP contribution is 2.34. The average Bonchev–Trinajstić information content (AvgIpc) is 3.64. The van der Waals surface area contributed by atoms with Gasteiger partial charge in [-0.15, -0.1) is 0 Å². The molecule has 188 valence electrons. The molecule has 0 unspecified atom stereocenters. The smallest absolute Gasteiger partial charge is 0.261 e. The molecule has 2 N–H and O–H groups in total. The van der Waals surface area contributed by atoms with Crippen LogP contribution in [0.25, 0.3) is 55.7 Å². The van der Waals surface area contributed by atoms with Crippen LogP contribution in [0.4, 0.5) is 8.78 Å². The molecule has 0 aliphatic carbocycles. The second kappa shape index (κ2) is 8.77. The maximum absolute atomic E-state index is 13.6. The summed E-state index contributed by atoms with van der Waals surface area (Å²) < 4.78 is 27.3. The third kappa shape index (κ3) is 4.08. The standard InChI is InChI=1S/C28H22F2N8/c29-28(30)4-8-38(16-28)15-17-9-19(13-32-12-17)20-10-22-26(36-37-27(22)34-14-20)24-11-21-23(35-24)3-7-33-25(21)18-1-5-31-6-2-18/h1-3,5-7,9-14,35H,4,8,15-16H2,(H,34,36,37). The Hall–Kier alpha value is -4.57. The van der Waals surface area contributed by atoms with Crippen LogP contribution < -0.4 is 0 Å². The van der Waals surface area contributed by atoms with Crippen molar-refractivity contribution in [1.82, 2.24) is 40.0 Å². The molecule has 1 saturated heterocycles. The number of pyridine rings is 4. The normalized spacial score (nSPS) is 15.5. The number of H-pyrrole nitrogens is 2. The molecule has 8 nitrogen and oxygen atoms in total. The first-order valence-electron chi connectivity index (χ1n) is 12.3. The Kier molecular flexibility index (Phi) is 5.22. The molecule has 6 aromatic heterocycles. The van der Waals surface area contributed by atoms with Gasteiger partial charge in [0, 0.05) is 89.7 Å². The number of likely N-dealkylation sites (tertiary alicyclic amines) is 1. The van der Waals surface area contributed by atoms with Crippen LogP contribution in [0.5, 0.6) is 0 Å². The first-order valence-corrected chi connectivity index (χ1v) is 12.3. The summed E-state index contributed by atoms with van der Waals surface area (Å²) in [6, 6.07) is 11.9. The minimum absolute atomic E-state index is 0.0994. The Bertz CT molecular complexity index is 1780. The van der Waals surface area contributed by atoms with Gasteiger partial charge in [0.15, 0.2) is 5.65 Å². The highest BCUT2D eigenvalue weighted by atomic mass is 19.3.